The normalized spacial score (nSPS) is 21.3. The van der Waals surface area contributed by atoms with Crippen LogP contribution in [-0.4, -0.2) is 66.7 Å². The fourth-order valence-corrected chi connectivity index (χ4v) is 4.15. The van der Waals surface area contributed by atoms with Gasteiger partial charge in [0, 0.05) is 50.4 Å². The van der Waals surface area contributed by atoms with Crippen LogP contribution in [-0.2, 0) is 9.59 Å². The molecule has 1 aromatic carbocycles. The molecule has 0 saturated carbocycles. The smallest absolute Gasteiger partial charge is 0.233 e. The summed E-state index contributed by atoms with van der Waals surface area (Å²) in [5.74, 6) is 0.828. The average Bonchev–Trinajstić information content (AvgIpc) is 3.16. The van der Waals surface area contributed by atoms with Gasteiger partial charge in [-0.25, -0.2) is 0 Å². The molecule has 2 saturated heterocycles. The fourth-order valence-electron chi connectivity index (χ4n) is 4.02. The molecule has 3 heterocycles. The molecule has 9 heteroatoms. The topological polar surface area (TPSA) is 78.9 Å². The Morgan fingerprint density at radius 1 is 1.13 bits per heavy atom. The van der Waals surface area contributed by atoms with Crippen molar-refractivity contribution in [3.05, 3.63) is 41.4 Å². The first kappa shape index (κ1) is 21.4. The zero-order valence-electron chi connectivity index (χ0n) is 17.7. The molecule has 31 heavy (non-hydrogen) atoms. The molecule has 2 aliphatic rings. The van der Waals surface area contributed by atoms with Crippen molar-refractivity contribution in [3.8, 4) is 5.88 Å². The zero-order valence-corrected chi connectivity index (χ0v) is 18.5. The second kappa shape index (κ2) is 9.09. The molecule has 2 aliphatic heterocycles. The molecular formula is C22H26ClN5O3. The number of halogens is 1. The molecule has 0 aliphatic carbocycles. The molecule has 2 unspecified atom stereocenters. The van der Waals surface area contributed by atoms with Gasteiger partial charge in [-0.05, 0) is 43.2 Å². The summed E-state index contributed by atoms with van der Waals surface area (Å²) < 4.78 is 5.98. The molecule has 0 bridgehead atoms. The van der Waals surface area contributed by atoms with E-state index in [0.29, 0.717) is 30.5 Å². The number of hydrogen-bond acceptors (Lipinski definition) is 6. The van der Waals surface area contributed by atoms with Gasteiger partial charge >= 0.3 is 0 Å². The van der Waals surface area contributed by atoms with E-state index in [1.54, 1.807) is 35.2 Å². The Bertz CT molecular complexity index is 935. The van der Waals surface area contributed by atoms with Crippen molar-refractivity contribution < 1.29 is 14.3 Å². The third-order valence-corrected chi connectivity index (χ3v) is 5.93. The van der Waals surface area contributed by atoms with Crippen LogP contribution in [0.1, 0.15) is 19.3 Å². The van der Waals surface area contributed by atoms with Crippen LogP contribution in [0.25, 0.3) is 0 Å². The lowest BCUT2D eigenvalue weighted by molar-refractivity contribution is -0.138. The largest absolute Gasteiger partial charge is 0.471 e. The first-order valence-corrected chi connectivity index (χ1v) is 10.8. The van der Waals surface area contributed by atoms with E-state index in [-0.39, 0.29) is 30.3 Å². The molecule has 8 nitrogen and oxygen atoms in total. The highest BCUT2D eigenvalue weighted by Crippen LogP contribution is 2.28. The molecule has 2 aromatic rings. The lowest BCUT2D eigenvalue weighted by Gasteiger charge is -2.34. The highest BCUT2D eigenvalue weighted by atomic mass is 35.5. The van der Waals surface area contributed by atoms with E-state index in [2.05, 4.69) is 10.2 Å². The molecule has 1 aromatic heterocycles. The van der Waals surface area contributed by atoms with Gasteiger partial charge in [-0.2, -0.15) is 0 Å². The van der Waals surface area contributed by atoms with Gasteiger partial charge in [0.25, 0.3) is 0 Å². The Kier molecular flexibility index (Phi) is 6.27. The Balaban J connectivity index is 1.36. The summed E-state index contributed by atoms with van der Waals surface area (Å²) in [5, 5.41) is 8.87. The SMILES string of the molecule is CN(C)c1ccc(OC2CCCN(C(=O)C3CC(=O)N(c4ccc(Cl)cc4)C3)C2)nn1. The minimum atomic E-state index is -0.346. The van der Waals surface area contributed by atoms with Crippen LogP contribution in [0.15, 0.2) is 36.4 Å². The van der Waals surface area contributed by atoms with Crippen molar-refractivity contribution >= 4 is 34.9 Å². The van der Waals surface area contributed by atoms with Crippen molar-refractivity contribution in [2.24, 2.45) is 5.92 Å². The van der Waals surface area contributed by atoms with Crippen molar-refractivity contribution in [2.45, 2.75) is 25.4 Å². The maximum Gasteiger partial charge on any atom is 0.233 e. The first-order chi connectivity index (χ1) is 14.9. The number of benzene rings is 1. The van der Waals surface area contributed by atoms with Crippen LogP contribution >= 0.6 is 11.6 Å². The quantitative estimate of drug-likeness (QED) is 0.706. The van der Waals surface area contributed by atoms with Crippen molar-refractivity contribution in [2.75, 3.05) is 43.5 Å². The standard InChI is InChI=1S/C22H26ClN5O3/c1-26(2)19-9-10-20(25-24-19)31-18-4-3-11-27(14-18)22(30)15-12-21(29)28(13-15)17-7-5-16(23)6-8-17/h5-10,15,18H,3-4,11-14H2,1-2H3. The van der Waals surface area contributed by atoms with E-state index in [1.807, 2.05) is 30.0 Å². The number of nitrogens with zero attached hydrogens (tertiary/aromatic N) is 5. The number of rotatable bonds is 5. The summed E-state index contributed by atoms with van der Waals surface area (Å²) in [5.41, 5.74) is 0.768. The minimum Gasteiger partial charge on any atom is -0.471 e. The van der Waals surface area contributed by atoms with Gasteiger partial charge in [0.15, 0.2) is 5.82 Å². The van der Waals surface area contributed by atoms with E-state index in [9.17, 15) is 9.59 Å². The van der Waals surface area contributed by atoms with E-state index in [0.717, 1.165) is 24.3 Å². The van der Waals surface area contributed by atoms with Gasteiger partial charge < -0.3 is 19.4 Å². The number of anilines is 2. The number of likely N-dealkylation sites (tertiary alicyclic amines) is 1. The summed E-state index contributed by atoms with van der Waals surface area (Å²) in [7, 11) is 3.80. The average molecular weight is 444 g/mol. The highest BCUT2D eigenvalue weighted by molar-refractivity contribution is 6.30. The van der Waals surface area contributed by atoms with Crippen molar-refractivity contribution in [1.29, 1.82) is 0 Å². The molecule has 2 amide bonds. The molecule has 2 fully saturated rings. The predicted octanol–water partition coefficient (Wildman–Crippen LogP) is 2.62. The van der Waals surface area contributed by atoms with E-state index < -0.39 is 0 Å². The van der Waals surface area contributed by atoms with E-state index in [1.165, 1.54) is 0 Å². The molecule has 2 atom stereocenters. The fraction of sp³-hybridized carbons (Fsp3) is 0.455. The number of carbonyl (C=O) groups excluding carboxylic acids is 2. The molecule has 4 rings (SSSR count). The van der Waals surface area contributed by atoms with Crippen LogP contribution in [0.4, 0.5) is 11.5 Å². The minimum absolute atomic E-state index is 0.00662. The molecule has 0 N–H and O–H groups in total. The lowest BCUT2D eigenvalue weighted by atomic mass is 10.0. The number of piperidine rings is 1. The third-order valence-electron chi connectivity index (χ3n) is 5.67. The Hall–Kier alpha value is -2.87. The second-order valence-corrected chi connectivity index (χ2v) is 8.61. The predicted molar refractivity (Wildman–Crippen MR) is 119 cm³/mol. The Morgan fingerprint density at radius 2 is 1.90 bits per heavy atom. The van der Waals surface area contributed by atoms with Crippen LogP contribution in [0.2, 0.25) is 5.02 Å². The van der Waals surface area contributed by atoms with Gasteiger partial charge in [0.05, 0.1) is 12.5 Å². The summed E-state index contributed by atoms with van der Waals surface area (Å²) in [6.07, 6.45) is 1.78. The number of amides is 2. The van der Waals surface area contributed by atoms with Crippen molar-refractivity contribution in [1.82, 2.24) is 15.1 Å². The Morgan fingerprint density at radius 3 is 2.58 bits per heavy atom. The van der Waals surface area contributed by atoms with Gasteiger partial charge in [-0.1, -0.05) is 11.6 Å². The van der Waals surface area contributed by atoms with Crippen LogP contribution in [0.3, 0.4) is 0 Å². The highest BCUT2D eigenvalue weighted by Gasteiger charge is 2.38. The number of ether oxygens (including phenoxy) is 1. The molecule has 0 radical (unpaired) electrons. The van der Waals surface area contributed by atoms with Crippen LogP contribution < -0.4 is 14.5 Å². The number of carbonyl (C=O) groups is 2. The molecular weight excluding hydrogens is 418 g/mol. The van der Waals surface area contributed by atoms with Crippen LogP contribution in [0, 0.1) is 5.92 Å². The van der Waals surface area contributed by atoms with Gasteiger partial charge in [-0.15, -0.1) is 10.2 Å². The summed E-state index contributed by atoms with van der Waals surface area (Å²) in [6.45, 7) is 1.55. The second-order valence-electron chi connectivity index (χ2n) is 8.17. The summed E-state index contributed by atoms with van der Waals surface area (Å²) in [4.78, 5) is 31.0. The van der Waals surface area contributed by atoms with Crippen molar-refractivity contribution in [3.63, 3.8) is 0 Å². The third kappa shape index (κ3) is 4.90. The van der Waals surface area contributed by atoms with E-state index in [4.69, 9.17) is 16.3 Å². The molecule has 0 spiro atoms. The van der Waals surface area contributed by atoms with Crippen LogP contribution in [0.5, 0.6) is 5.88 Å². The number of aromatic nitrogens is 2. The lowest BCUT2D eigenvalue weighted by Crippen LogP contribution is -2.47. The van der Waals surface area contributed by atoms with Gasteiger partial charge in [0.2, 0.25) is 17.7 Å². The number of hydrogen-bond donors (Lipinski definition) is 0. The monoisotopic (exact) mass is 443 g/mol. The Labute approximate surface area is 186 Å². The van der Waals surface area contributed by atoms with E-state index >= 15 is 0 Å². The maximum atomic E-state index is 13.1. The first-order valence-electron chi connectivity index (χ1n) is 10.4. The van der Waals surface area contributed by atoms with Gasteiger partial charge in [0.1, 0.15) is 6.10 Å². The summed E-state index contributed by atoms with van der Waals surface area (Å²) in [6, 6.07) is 10.8. The molecule has 164 valence electrons. The summed E-state index contributed by atoms with van der Waals surface area (Å²) >= 11 is 5.94. The zero-order chi connectivity index (χ0) is 22.0. The maximum absolute atomic E-state index is 13.1. The van der Waals surface area contributed by atoms with Gasteiger partial charge in [-0.3, -0.25) is 9.59 Å².